The average Bonchev–Trinajstić information content (AvgIpc) is 3.44. The van der Waals surface area contributed by atoms with Crippen LogP contribution in [0.2, 0.25) is 0 Å². The largest absolute Gasteiger partial charge is 0.497 e. The van der Waals surface area contributed by atoms with Gasteiger partial charge in [0.15, 0.2) is 10.8 Å². The Kier molecular flexibility index (Phi) is 6.50. The molecule has 0 fully saturated rings. The molecule has 0 unspecified atom stereocenters. The Balaban J connectivity index is 1.87. The SMILES string of the molecule is COC(=O)CN(Cc1cc(OC)cc(OC)c1)C(=O)c1csc(-c2ccco2)n1. The molecule has 8 nitrogen and oxygen atoms in total. The van der Waals surface area contributed by atoms with Crippen LogP contribution in [0.15, 0.2) is 46.4 Å². The first-order valence-corrected chi connectivity index (χ1v) is 9.49. The van der Waals surface area contributed by atoms with Crippen LogP contribution in [0.5, 0.6) is 11.5 Å². The van der Waals surface area contributed by atoms with Gasteiger partial charge in [-0.25, -0.2) is 4.98 Å². The molecule has 2 heterocycles. The molecule has 3 rings (SSSR count). The normalized spacial score (nSPS) is 10.4. The van der Waals surface area contributed by atoms with Crippen LogP contribution in [0.3, 0.4) is 0 Å². The fourth-order valence-electron chi connectivity index (χ4n) is 2.65. The van der Waals surface area contributed by atoms with Gasteiger partial charge in [0.05, 0.1) is 27.6 Å². The molecular weight excluding hydrogens is 396 g/mol. The summed E-state index contributed by atoms with van der Waals surface area (Å²) in [5, 5.41) is 2.22. The van der Waals surface area contributed by atoms with Gasteiger partial charge in [-0.05, 0) is 29.8 Å². The number of thiazole rings is 1. The summed E-state index contributed by atoms with van der Waals surface area (Å²) in [5.74, 6) is 0.809. The van der Waals surface area contributed by atoms with Gasteiger partial charge in [0.25, 0.3) is 5.91 Å². The molecule has 1 aromatic carbocycles. The Labute approximate surface area is 171 Å². The summed E-state index contributed by atoms with van der Waals surface area (Å²) in [6.45, 7) is -0.0718. The van der Waals surface area contributed by atoms with E-state index in [-0.39, 0.29) is 18.8 Å². The van der Waals surface area contributed by atoms with Gasteiger partial charge in [-0.3, -0.25) is 9.59 Å². The van der Waals surface area contributed by atoms with E-state index in [4.69, 9.17) is 18.6 Å². The van der Waals surface area contributed by atoms with Crippen molar-refractivity contribution in [3.63, 3.8) is 0 Å². The second-order valence-corrected chi connectivity index (χ2v) is 6.83. The fourth-order valence-corrected chi connectivity index (χ4v) is 3.41. The Morgan fingerprint density at radius 1 is 1.14 bits per heavy atom. The molecule has 3 aromatic rings. The zero-order chi connectivity index (χ0) is 20.8. The molecule has 152 valence electrons. The number of amides is 1. The summed E-state index contributed by atoms with van der Waals surface area (Å²) in [6.07, 6.45) is 1.54. The van der Waals surface area contributed by atoms with Crippen molar-refractivity contribution in [3.05, 3.63) is 53.2 Å². The highest BCUT2D eigenvalue weighted by atomic mass is 32.1. The highest BCUT2D eigenvalue weighted by Crippen LogP contribution is 2.26. The molecule has 0 aliphatic rings. The quantitative estimate of drug-likeness (QED) is 0.521. The van der Waals surface area contributed by atoms with Crippen molar-refractivity contribution in [2.75, 3.05) is 27.9 Å². The fraction of sp³-hybridized carbons (Fsp3) is 0.250. The molecule has 0 radical (unpaired) electrons. The number of benzene rings is 1. The predicted octanol–water partition coefficient (Wildman–Crippen LogP) is 3.24. The van der Waals surface area contributed by atoms with Gasteiger partial charge in [-0.1, -0.05) is 0 Å². The standard InChI is InChI=1S/C20H20N2O6S/c1-25-14-7-13(8-15(9-14)26-2)10-22(11-18(23)27-3)20(24)16-12-29-19(21-16)17-5-4-6-28-17/h4-9,12H,10-11H2,1-3H3. The summed E-state index contributed by atoms with van der Waals surface area (Å²) in [5.41, 5.74) is 0.958. The van der Waals surface area contributed by atoms with E-state index in [1.807, 2.05) is 0 Å². The number of nitrogens with zero attached hydrogens (tertiary/aromatic N) is 2. The number of methoxy groups -OCH3 is 3. The number of ether oxygens (including phenoxy) is 3. The van der Waals surface area contributed by atoms with Gasteiger partial charge in [-0.2, -0.15) is 0 Å². The van der Waals surface area contributed by atoms with E-state index in [0.29, 0.717) is 22.3 Å². The minimum Gasteiger partial charge on any atom is -0.497 e. The first-order valence-electron chi connectivity index (χ1n) is 8.61. The van der Waals surface area contributed by atoms with Crippen molar-refractivity contribution in [1.82, 2.24) is 9.88 Å². The van der Waals surface area contributed by atoms with Crippen molar-refractivity contribution >= 4 is 23.2 Å². The summed E-state index contributed by atoms with van der Waals surface area (Å²) < 4.78 is 20.6. The summed E-state index contributed by atoms with van der Waals surface area (Å²) in [4.78, 5) is 30.7. The first-order chi connectivity index (χ1) is 14.0. The van der Waals surface area contributed by atoms with Gasteiger partial charge in [0, 0.05) is 18.0 Å². The average molecular weight is 416 g/mol. The number of carbonyl (C=O) groups excluding carboxylic acids is 2. The van der Waals surface area contributed by atoms with Gasteiger partial charge in [0.2, 0.25) is 0 Å². The van der Waals surface area contributed by atoms with Crippen LogP contribution < -0.4 is 9.47 Å². The van der Waals surface area contributed by atoms with E-state index < -0.39 is 11.9 Å². The summed E-state index contributed by atoms with van der Waals surface area (Å²) in [7, 11) is 4.36. The Hall–Kier alpha value is -3.33. The molecule has 9 heteroatoms. The van der Waals surface area contributed by atoms with Crippen LogP contribution in [-0.4, -0.2) is 49.6 Å². The van der Waals surface area contributed by atoms with Gasteiger partial charge < -0.3 is 23.5 Å². The number of hydrogen-bond donors (Lipinski definition) is 0. The van der Waals surface area contributed by atoms with Crippen LogP contribution in [0.4, 0.5) is 0 Å². The van der Waals surface area contributed by atoms with E-state index in [2.05, 4.69) is 4.98 Å². The molecule has 0 aliphatic carbocycles. The van der Waals surface area contributed by atoms with E-state index >= 15 is 0 Å². The lowest BCUT2D eigenvalue weighted by atomic mass is 10.1. The number of aromatic nitrogens is 1. The lowest BCUT2D eigenvalue weighted by molar-refractivity contribution is -0.141. The molecule has 0 atom stereocenters. The number of furan rings is 1. The van der Waals surface area contributed by atoms with Crippen LogP contribution in [0.1, 0.15) is 16.1 Å². The molecule has 2 aromatic heterocycles. The molecule has 0 N–H and O–H groups in total. The Morgan fingerprint density at radius 3 is 2.45 bits per heavy atom. The molecule has 0 bridgehead atoms. The van der Waals surface area contributed by atoms with Crippen molar-refractivity contribution in [3.8, 4) is 22.3 Å². The molecular formula is C20H20N2O6S. The van der Waals surface area contributed by atoms with Gasteiger partial charge in [-0.15, -0.1) is 11.3 Å². The van der Waals surface area contributed by atoms with Crippen molar-refractivity contribution < 1.29 is 28.2 Å². The minimum atomic E-state index is -0.533. The third-order valence-corrected chi connectivity index (χ3v) is 4.93. The summed E-state index contributed by atoms with van der Waals surface area (Å²) in [6, 6.07) is 8.79. The van der Waals surface area contributed by atoms with Crippen LogP contribution in [0.25, 0.3) is 10.8 Å². The number of esters is 1. The van der Waals surface area contributed by atoms with Crippen molar-refractivity contribution in [1.29, 1.82) is 0 Å². The maximum Gasteiger partial charge on any atom is 0.325 e. The van der Waals surface area contributed by atoms with Gasteiger partial charge in [0.1, 0.15) is 23.7 Å². The van der Waals surface area contributed by atoms with E-state index in [1.54, 1.807) is 49.9 Å². The van der Waals surface area contributed by atoms with Crippen molar-refractivity contribution in [2.45, 2.75) is 6.54 Å². The lowest BCUT2D eigenvalue weighted by Gasteiger charge is -2.21. The maximum atomic E-state index is 13.1. The minimum absolute atomic E-state index is 0.148. The third kappa shape index (κ3) is 4.94. The second kappa shape index (κ2) is 9.24. The van der Waals surface area contributed by atoms with Crippen LogP contribution in [-0.2, 0) is 16.1 Å². The molecule has 0 saturated heterocycles. The number of hydrogen-bond acceptors (Lipinski definition) is 8. The predicted molar refractivity (Wildman–Crippen MR) is 106 cm³/mol. The molecule has 0 aliphatic heterocycles. The first kappa shape index (κ1) is 20.4. The van der Waals surface area contributed by atoms with E-state index in [9.17, 15) is 9.59 Å². The zero-order valence-corrected chi connectivity index (χ0v) is 17.0. The highest BCUT2D eigenvalue weighted by molar-refractivity contribution is 7.13. The number of rotatable bonds is 8. The Morgan fingerprint density at radius 2 is 1.86 bits per heavy atom. The molecule has 1 amide bonds. The van der Waals surface area contributed by atoms with Crippen molar-refractivity contribution in [2.24, 2.45) is 0 Å². The van der Waals surface area contributed by atoms with Gasteiger partial charge >= 0.3 is 5.97 Å². The maximum absolute atomic E-state index is 13.1. The third-order valence-electron chi connectivity index (χ3n) is 4.07. The van der Waals surface area contributed by atoms with E-state index in [1.165, 1.54) is 29.6 Å². The zero-order valence-electron chi connectivity index (χ0n) is 16.2. The van der Waals surface area contributed by atoms with Crippen LogP contribution in [0, 0.1) is 0 Å². The van der Waals surface area contributed by atoms with E-state index in [0.717, 1.165) is 5.56 Å². The summed E-state index contributed by atoms with van der Waals surface area (Å²) >= 11 is 1.29. The Bertz CT molecular complexity index is 961. The topological polar surface area (TPSA) is 91.1 Å². The number of carbonyl (C=O) groups is 2. The smallest absolute Gasteiger partial charge is 0.325 e. The lowest BCUT2D eigenvalue weighted by Crippen LogP contribution is -2.36. The molecule has 0 spiro atoms. The monoisotopic (exact) mass is 416 g/mol. The van der Waals surface area contributed by atoms with Crippen LogP contribution >= 0.6 is 11.3 Å². The molecule has 0 saturated carbocycles. The second-order valence-electron chi connectivity index (χ2n) is 5.97. The highest BCUT2D eigenvalue weighted by Gasteiger charge is 2.23. The molecule has 29 heavy (non-hydrogen) atoms.